The predicted molar refractivity (Wildman–Crippen MR) is 101 cm³/mol. The van der Waals surface area contributed by atoms with Gasteiger partial charge in [-0.1, -0.05) is 0 Å². The number of aromatic nitrogens is 2. The van der Waals surface area contributed by atoms with Crippen LogP contribution in [0.5, 0.6) is 0 Å². The van der Waals surface area contributed by atoms with Gasteiger partial charge in [0.05, 0.1) is 30.5 Å². The van der Waals surface area contributed by atoms with Gasteiger partial charge < -0.3 is 20.1 Å². The molecule has 0 bridgehead atoms. The summed E-state index contributed by atoms with van der Waals surface area (Å²) in [7, 11) is 4.38. The molecule has 10 nitrogen and oxygen atoms in total. The van der Waals surface area contributed by atoms with Gasteiger partial charge in [0.15, 0.2) is 5.69 Å². The number of amides is 2. The molecule has 0 aliphatic carbocycles. The van der Waals surface area contributed by atoms with Crippen LogP contribution < -0.4 is 5.32 Å². The molecule has 0 fully saturated rings. The van der Waals surface area contributed by atoms with E-state index in [1.807, 2.05) is 0 Å². The van der Waals surface area contributed by atoms with Gasteiger partial charge >= 0.3 is 11.9 Å². The fourth-order valence-electron chi connectivity index (χ4n) is 2.34. The van der Waals surface area contributed by atoms with Crippen molar-refractivity contribution in [1.82, 2.24) is 14.7 Å². The number of rotatable bonds is 7. The lowest BCUT2D eigenvalue weighted by Gasteiger charge is -2.08. The highest BCUT2D eigenvalue weighted by atomic mass is 32.1. The van der Waals surface area contributed by atoms with Crippen molar-refractivity contribution < 1.29 is 29.0 Å². The van der Waals surface area contributed by atoms with Gasteiger partial charge in [-0.15, -0.1) is 11.3 Å². The first-order chi connectivity index (χ1) is 13.1. The van der Waals surface area contributed by atoms with E-state index in [4.69, 9.17) is 9.84 Å². The molecule has 28 heavy (non-hydrogen) atoms. The number of hydrogen-bond donors (Lipinski definition) is 2. The van der Waals surface area contributed by atoms with Crippen molar-refractivity contribution >= 4 is 40.1 Å². The van der Waals surface area contributed by atoms with E-state index in [0.29, 0.717) is 10.4 Å². The highest BCUT2D eigenvalue weighted by molar-refractivity contribution is 7.18. The second-order valence-corrected chi connectivity index (χ2v) is 7.03. The first-order valence-corrected chi connectivity index (χ1v) is 8.97. The molecule has 0 aliphatic heterocycles. The number of thiophene rings is 1. The maximum atomic E-state index is 12.5. The molecule has 0 saturated heterocycles. The number of carbonyl (C=O) groups excluding carboxylic acids is 3. The Morgan fingerprint density at radius 2 is 2.00 bits per heavy atom. The number of hydrogen-bond acceptors (Lipinski definition) is 7. The van der Waals surface area contributed by atoms with Crippen molar-refractivity contribution in [1.29, 1.82) is 0 Å². The Morgan fingerprint density at radius 3 is 2.57 bits per heavy atom. The van der Waals surface area contributed by atoms with Crippen LogP contribution in [0.4, 0.5) is 5.00 Å². The summed E-state index contributed by atoms with van der Waals surface area (Å²) in [5.74, 6) is -2.54. The molecular weight excluding hydrogens is 388 g/mol. The molecule has 2 aromatic rings. The lowest BCUT2D eigenvalue weighted by molar-refractivity contribution is -0.137. The Morgan fingerprint density at radius 1 is 1.32 bits per heavy atom. The van der Waals surface area contributed by atoms with Gasteiger partial charge in [-0.25, -0.2) is 4.79 Å². The van der Waals surface area contributed by atoms with E-state index in [1.165, 1.54) is 29.0 Å². The second kappa shape index (κ2) is 8.65. The number of nitrogens with zero attached hydrogens (tertiary/aromatic N) is 3. The molecule has 2 aromatic heterocycles. The zero-order chi connectivity index (χ0) is 21.0. The minimum absolute atomic E-state index is 0.0488. The summed E-state index contributed by atoms with van der Waals surface area (Å²) in [5.41, 5.74) is 0.571. The Kier molecular flexibility index (Phi) is 6.52. The summed E-state index contributed by atoms with van der Waals surface area (Å²) in [4.78, 5) is 49.3. The monoisotopic (exact) mass is 408 g/mol. The molecule has 150 valence electrons. The van der Waals surface area contributed by atoms with Crippen molar-refractivity contribution in [2.75, 3.05) is 26.5 Å². The van der Waals surface area contributed by atoms with Gasteiger partial charge in [0, 0.05) is 20.3 Å². The number of aliphatic carboxylic acids is 1. The van der Waals surface area contributed by atoms with Crippen LogP contribution in [0.1, 0.15) is 42.5 Å². The van der Waals surface area contributed by atoms with Gasteiger partial charge in [0.1, 0.15) is 5.00 Å². The maximum absolute atomic E-state index is 12.5. The predicted octanol–water partition coefficient (Wildman–Crippen LogP) is 1.47. The number of carboxylic acid groups (broad SMARTS) is 1. The van der Waals surface area contributed by atoms with E-state index < -0.39 is 17.8 Å². The Balaban J connectivity index is 2.30. The standard InChI is InChI=1S/C17H20N4O6S/c1-9-12(17(26)27-4)15(28-13(9)16(25)20(2)3)18-14(24)10-5-7-21(19-10)8-6-11(22)23/h5,7H,6,8H2,1-4H3,(H,18,24)(H,22,23). The van der Waals surface area contributed by atoms with Crippen LogP contribution in [-0.2, 0) is 16.1 Å². The molecule has 11 heteroatoms. The molecule has 0 saturated carbocycles. The molecular formula is C17H20N4O6S. The number of carboxylic acids is 1. The van der Waals surface area contributed by atoms with Crippen LogP contribution in [0.25, 0.3) is 0 Å². The Hall–Kier alpha value is -3.21. The van der Waals surface area contributed by atoms with Crippen LogP contribution in [0, 0.1) is 6.92 Å². The van der Waals surface area contributed by atoms with Gasteiger partial charge in [0.2, 0.25) is 0 Å². The summed E-state index contributed by atoms with van der Waals surface area (Å²) < 4.78 is 6.11. The van der Waals surface area contributed by atoms with Crippen molar-refractivity contribution in [3.63, 3.8) is 0 Å². The third kappa shape index (κ3) is 4.55. The van der Waals surface area contributed by atoms with Crippen LogP contribution in [0.2, 0.25) is 0 Å². The molecule has 0 radical (unpaired) electrons. The molecule has 0 atom stereocenters. The quantitative estimate of drug-likeness (QED) is 0.663. The summed E-state index contributed by atoms with van der Waals surface area (Å²) in [6, 6.07) is 1.43. The number of ether oxygens (including phenoxy) is 1. The van der Waals surface area contributed by atoms with Crippen molar-refractivity contribution in [2.24, 2.45) is 0 Å². The SMILES string of the molecule is COC(=O)c1c(NC(=O)c2ccn(CCC(=O)O)n2)sc(C(=O)N(C)C)c1C. The summed E-state index contributed by atoms with van der Waals surface area (Å²) >= 11 is 0.974. The topological polar surface area (TPSA) is 131 Å². The molecule has 2 heterocycles. The van der Waals surface area contributed by atoms with Crippen LogP contribution in [0.15, 0.2) is 12.3 Å². The zero-order valence-corrected chi connectivity index (χ0v) is 16.6. The fraction of sp³-hybridized carbons (Fsp3) is 0.353. The lowest BCUT2D eigenvalue weighted by Crippen LogP contribution is -2.21. The van der Waals surface area contributed by atoms with Crippen molar-refractivity contribution in [2.45, 2.75) is 19.9 Å². The van der Waals surface area contributed by atoms with Gasteiger partial charge in [0.25, 0.3) is 11.8 Å². The number of carbonyl (C=O) groups is 4. The van der Waals surface area contributed by atoms with Crippen molar-refractivity contribution in [3.8, 4) is 0 Å². The lowest BCUT2D eigenvalue weighted by atomic mass is 10.1. The maximum Gasteiger partial charge on any atom is 0.341 e. The molecule has 0 unspecified atom stereocenters. The van der Waals surface area contributed by atoms with Crippen LogP contribution in [-0.4, -0.2) is 64.7 Å². The molecule has 0 aromatic carbocycles. The van der Waals surface area contributed by atoms with E-state index in [-0.39, 0.29) is 35.1 Å². The Bertz CT molecular complexity index is 930. The summed E-state index contributed by atoms with van der Waals surface area (Å²) in [6.07, 6.45) is 1.36. The van der Waals surface area contributed by atoms with Crippen LogP contribution >= 0.6 is 11.3 Å². The van der Waals surface area contributed by atoms with E-state index in [2.05, 4.69) is 10.4 Å². The highest BCUT2D eigenvalue weighted by Crippen LogP contribution is 2.34. The Labute approximate surface area is 164 Å². The fourth-order valence-corrected chi connectivity index (χ4v) is 3.55. The number of nitrogens with one attached hydrogen (secondary N) is 1. The normalized spacial score (nSPS) is 10.4. The average Bonchev–Trinajstić information content (AvgIpc) is 3.23. The second-order valence-electron chi connectivity index (χ2n) is 6.01. The summed E-state index contributed by atoms with van der Waals surface area (Å²) in [6.45, 7) is 1.73. The summed E-state index contributed by atoms with van der Waals surface area (Å²) in [5, 5.41) is 15.5. The molecule has 2 N–H and O–H groups in total. The largest absolute Gasteiger partial charge is 0.481 e. The molecule has 2 rings (SSSR count). The van der Waals surface area contributed by atoms with E-state index in [9.17, 15) is 19.2 Å². The smallest absolute Gasteiger partial charge is 0.341 e. The first-order valence-electron chi connectivity index (χ1n) is 8.15. The van der Waals surface area contributed by atoms with Crippen molar-refractivity contribution in [3.05, 3.63) is 34.0 Å². The minimum Gasteiger partial charge on any atom is -0.481 e. The third-order valence-electron chi connectivity index (χ3n) is 3.79. The number of methoxy groups -OCH3 is 1. The number of aryl methyl sites for hydroxylation is 1. The van der Waals surface area contributed by atoms with Gasteiger partial charge in [-0.05, 0) is 18.6 Å². The minimum atomic E-state index is -0.976. The van der Waals surface area contributed by atoms with Gasteiger partial charge in [-0.3, -0.25) is 19.1 Å². The zero-order valence-electron chi connectivity index (χ0n) is 15.8. The highest BCUT2D eigenvalue weighted by Gasteiger charge is 2.27. The van der Waals surface area contributed by atoms with Crippen LogP contribution in [0.3, 0.4) is 0 Å². The van der Waals surface area contributed by atoms with E-state index in [0.717, 1.165) is 11.3 Å². The third-order valence-corrected chi connectivity index (χ3v) is 4.99. The first kappa shape index (κ1) is 21.1. The average molecular weight is 408 g/mol. The van der Waals surface area contributed by atoms with E-state index in [1.54, 1.807) is 21.0 Å². The molecule has 2 amide bonds. The van der Waals surface area contributed by atoms with E-state index >= 15 is 0 Å². The van der Waals surface area contributed by atoms with Gasteiger partial charge in [-0.2, -0.15) is 5.10 Å². The molecule has 0 aliphatic rings. The number of esters is 1. The number of anilines is 1. The molecule has 0 spiro atoms.